The molecule has 0 unspecified atom stereocenters. The Morgan fingerprint density at radius 2 is 2.22 bits per heavy atom. The zero-order valence-electron chi connectivity index (χ0n) is 9.82. The molecular formula is C12H11ClN2O3. The highest BCUT2D eigenvalue weighted by atomic mass is 35.5. The number of carbonyl (C=O) groups is 1. The highest BCUT2D eigenvalue weighted by molar-refractivity contribution is 6.33. The third-order valence-corrected chi connectivity index (χ3v) is 2.78. The molecular weight excluding hydrogens is 256 g/mol. The van der Waals surface area contributed by atoms with Crippen LogP contribution in [0.5, 0.6) is 5.75 Å². The van der Waals surface area contributed by atoms with E-state index < -0.39 is 5.97 Å². The van der Waals surface area contributed by atoms with Crippen molar-refractivity contribution in [2.24, 2.45) is 0 Å². The number of nitrogens with one attached hydrogen (secondary N) is 1. The molecule has 0 amide bonds. The zero-order valence-corrected chi connectivity index (χ0v) is 10.6. The van der Waals surface area contributed by atoms with Gasteiger partial charge in [-0.15, -0.1) is 0 Å². The standard InChI is InChI=1S/C12H11ClN2O3/c1-6-14-10(11(15-6)12(16)17)8-4-3-7(18-2)5-9(8)13/h3-5H,1-2H3,(H,14,15)(H,16,17). The van der Waals surface area contributed by atoms with Crippen molar-refractivity contribution < 1.29 is 14.6 Å². The summed E-state index contributed by atoms with van der Waals surface area (Å²) in [6.07, 6.45) is 0. The fourth-order valence-electron chi connectivity index (χ4n) is 1.66. The monoisotopic (exact) mass is 266 g/mol. The molecule has 18 heavy (non-hydrogen) atoms. The van der Waals surface area contributed by atoms with E-state index >= 15 is 0 Å². The van der Waals surface area contributed by atoms with Crippen molar-refractivity contribution in [3.05, 3.63) is 34.7 Å². The fourth-order valence-corrected chi connectivity index (χ4v) is 1.92. The van der Waals surface area contributed by atoms with Gasteiger partial charge >= 0.3 is 5.97 Å². The quantitative estimate of drug-likeness (QED) is 0.896. The number of aryl methyl sites for hydroxylation is 1. The van der Waals surface area contributed by atoms with E-state index in [-0.39, 0.29) is 5.69 Å². The maximum Gasteiger partial charge on any atom is 0.354 e. The second kappa shape index (κ2) is 4.70. The molecule has 2 aromatic rings. The van der Waals surface area contributed by atoms with Gasteiger partial charge in [0.1, 0.15) is 17.3 Å². The molecule has 2 rings (SSSR count). The van der Waals surface area contributed by atoms with E-state index in [2.05, 4.69) is 9.97 Å². The number of methoxy groups -OCH3 is 1. The Labute approximate surface area is 108 Å². The number of carboxylic acid groups (broad SMARTS) is 1. The zero-order chi connectivity index (χ0) is 13.3. The number of aromatic carboxylic acids is 1. The number of imidazole rings is 1. The van der Waals surface area contributed by atoms with Gasteiger partial charge in [0, 0.05) is 5.56 Å². The first-order valence-electron chi connectivity index (χ1n) is 5.16. The Bertz CT molecular complexity index is 607. The summed E-state index contributed by atoms with van der Waals surface area (Å²) in [6.45, 7) is 1.69. The van der Waals surface area contributed by atoms with Crippen LogP contribution in [0.1, 0.15) is 16.3 Å². The van der Waals surface area contributed by atoms with Crippen LogP contribution in [0, 0.1) is 6.92 Å². The lowest BCUT2D eigenvalue weighted by molar-refractivity contribution is 0.0692. The van der Waals surface area contributed by atoms with E-state index in [1.54, 1.807) is 25.1 Å². The van der Waals surface area contributed by atoms with Gasteiger partial charge in [-0.2, -0.15) is 0 Å². The molecule has 6 heteroatoms. The lowest BCUT2D eigenvalue weighted by Gasteiger charge is -2.05. The van der Waals surface area contributed by atoms with E-state index in [9.17, 15) is 4.79 Å². The molecule has 1 aromatic carbocycles. The molecule has 0 spiro atoms. The van der Waals surface area contributed by atoms with Gasteiger partial charge in [-0.25, -0.2) is 9.78 Å². The van der Waals surface area contributed by atoms with Crippen molar-refractivity contribution in [1.82, 2.24) is 9.97 Å². The average Bonchev–Trinajstić information content (AvgIpc) is 2.71. The maximum absolute atomic E-state index is 11.1. The van der Waals surface area contributed by atoms with E-state index in [0.29, 0.717) is 27.9 Å². The van der Waals surface area contributed by atoms with E-state index in [0.717, 1.165) is 0 Å². The summed E-state index contributed by atoms with van der Waals surface area (Å²) in [5, 5.41) is 9.48. The molecule has 94 valence electrons. The molecule has 5 nitrogen and oxygen atoms in total. The third kappa shape index (κ3) is 2.17. The molecule has 0 aliphatic heterocycles. The molecule has 0 atom stereocenters. The molecule has 0 bridgehead atoms. The predicted molar refractivity (Wildman–Crippen MR) is 67.3 cm³/mol. The van der Waals surface area contributed by atoms with Crippen LogP contribution in [0.25, 0.3) is 11.3 Å². The van der Waals surface area contributed by atoms with Gasteiger partial charge < -0.3 is 14.8 Å². The minimum absolute atomic E-state index is 0.0274. The summed E-state index contributed by atoms with van der Waals surface area (Å²) < 4.78 is 5.04. The summed E-state index contributed by atoms with van der Waals surface area (Å²) in [7, 11) is 1.53. The van der Waals surface area contributed by atoms with Crippen LogP contribution < -0.4 is 4.74 Å². The molecule has 1 heterocycles. The van der Waals surface area contributed by atoms with E-state index in [4.69, 9.17) is 21.4 Å². The average molecular weight is 267 g/mol. The number of hydrogen-bond donors (Lipinski definition) is 2. The number of nitrogens with zero attached hydrogens (tertiary/aromatic N) is 1. The fraction of sp³-hybridized carbons (Fsp3) is 0.167. The highest BCUT2D eigenvalue weighted by Crippen LogP contribution is 2.32. The molecule has 2 N–H and O–H groups in total. The van der Waals surface area contributed by atoms with Crippen molar-refractivity contribution in [3.8, 4) is 17.0 Å². The smallest absolute Gasteiger partial charge is 0.354 e. The van der Waals surface area contributed by atoms with Crippen molar-refractivity contribution in [3.63, 3.8) is 0 Å². The van der Waals surface area contributed by atoms with Crippen molar-refractivity contribution in [1.29, 1.82) is 0 Å². The van der Waals surface area contributed by atoms with Crippen LogP contribution in [0.2, 0.25) is 5.02 Å². The Balaban J connectivity index is 2.58. The first-order valence-corrected chi connectivity index (χ1v) is 5.54. The minimum Gasteiger partial charge on any atom is -0.497 e. The van der Waals surface area contributed by atoms with E-state index in [1.807, 2.05) is 0 Å². The normalized spacial score (nSPS) is 10.4. The maximum atomic E-state index is 11.1. The van der Waals surface area contributed by atoms with Gasteiger partial charge in [-0.3, -0.25) is 0 Å². The summed E-state index contributed by atoms with van der Waals surface area (Å²) in [4.78, 5) is 18.0. The Morgan fingerprint density at radius 3 is 2.78 bits per heavy atom. The summed E-state index contributed by atoms with van der Waals surface area (Å²) >= 11 is 6.10. The minimum atomic E-state index is -1.07. The molecule has 0 fully saturated rings. The van der Waals surface area contributed by atoms with Crippen molar-refractivity contribution in [2.45, 2.75) is 6.92 Å². The lowest BCUT2D eigenvalue weighted by Crippen LogP contribution is -1.99. The molecule has 0 saturated heterocycles. The number of hydrogen-bond acceptors (Lipinski definition) is 3. The SMILES string of the molecule is COc1ccc(-c2nc(C)[nH]c2C(=O)O)c(Cl)c1. The van der Waals surface area contributed by atoms with Gasteiger partial charge in [-0.1, -0.05) is 11.6 Å². The molecule has 0 aliphatic carbocycles. The third-order valence-electron chi connectivity index (χ3n) is 2.47. The Hall–Kier alpha value is -2.01. The van der Waals surface area contributed by atoms with Gasteiger partial charge in [0.2, 0.25) is 0 Å². The number of rotatable bonds is 3. The van der Waals surface area contributed by atoms with Crippen LogP contribution in [-0.4, -0.2) is 28.2 Å². The van der Waals surface area contributed by atoms with Gasteiger partial charge in [-0.05, 0) is 25.1 Å². The van der Waals surface area contributed by atoms with Crippen LogP contribution in [0.4, 0.5) is 0 Å². The summed E-state index contributed by atoms with van der Waals surface area (Å²) in [5.41, 5.74) is 0.909. The highest BCUT2D eigenvalue weighted by Gasteiger charge is 2.18. The molecule has 0 saturated carbocycles. The second-order valence-electron chi connectivity index (χ2n) is 3.70. The molecule has 1 aromatic heterocycles. The van der Waals surface area contributed by atoms with Crippen molar-refractivity contribution in [2.75, 3.05) is 7.11 Å². The number of H-pyrrole nitrogens is 1. The summed E-state index contributed by atoms with van der Waals surface area (Å²) in [6, 6.07) is 5.01. The van der Waals surface area contributed by atoms with Crippen molar-refractivity contribution >= 4 is 17.6 Å². The number of carboxylic acids is 1. The van der Waals surface area contributed by atoms with Gasteiger partial charge in [0.15, 0.2) is 5.69 Å². The lowest BCUT2D eigenvalue weighted by atomic mass is 10.1. The van der Waals surface area contributed by atoms with Crippen LogP contribution in [0.3, 0.4) is 0 Å². The Kier molecular flexibility index (Phi) is 3.25. The Morgan fingerprint density at radius 1 is 1.50 bits per heavy atom. The van der Waals surface area contributed by atoms with E-state index in [1.165, 1.54) is 7.11 Å². The first kappa shape index (κ1) is 12.4. The number of halogens is 1. The number of benzene rings is 1. The van der Waals surface area contributed by atoms with Gasteiger partial charge in [0.25, 0.3) is 0 Å². The first-order chi connectivity index (χ1) is 8.52. The largest absolute Gasteiger partial charge is 0.497 e. The number of ether oxygens (including phenoxy) is 1. The number of aromatic amines is 1. The van der Waals surface area contributed by atoms with Crippen LogP contribution >= 0.6 is 11.6 Å². The molecule has 0 radical (unpaired) electrons. The summed E-state index contributed by atoms with van der Waals surface area (Å²) in [5.74, 6) is 0.0552. The topological polar surface area (TPSA) is 75.2 Å². The predicted octanol–water partition coefficient (Wildman–Crippen LogP) is 2.75. The van der Waals surface area contributed by atoms with Crippen LogP contribution in [-0.2, 0) is 0 Å². The molecule has 0 aliphatic rings. The second-order valence-corrected chi connectivity index (χ2v) is 4.10. The number of aromatic nitrogens is 2. The van der Waals surface area contributed by atoms with Gasteiger partial charge in [0.05, 0.1) is 12.1 Å². The van der Waals surface area contributed by atoms with Crippen LogP contribution in [0.15, 0.2) is 18.2 Å².